The van der Waals surface area contributed by atoms with Gasteiger partial charge in [-0.15, -0.1) is 0 Å². The van der Waals surface area contributed by atoms with Gasteiger partial charge in [0.25, 0.3) is 0 Å². The van der Waals surface area contributed by atoms with Crippen LogP contribution in [0.25, 0.3) is 0 Å². The number of benzene rings is 1. The number of hydrogen-bond donors (Lipinski definition) is 0. The summed E-state index contributed by atoms with van der Waals surface area (Å²) in [5.74, 6) is 1.55. The maximum atomic E-state index is 13.6. The van der Waals surface area contributed by atoms with E-state index < -0.39 is 5.41 Å². The number of amides is 1. The Bertz CT molecular complexity index is 635. The summed E-state index contributed by atoms with van der Waals surface area (Å²) in [7, 11) is 0. The van der Waals surface area contributed by atoms with Crippen molar-refractivity contribution in [3.05, 3.63) is 47.0 Å². The van der Waals surface area contributed by atoms with E-state index in [1.165, 1.54) is 0 Å². The van der Waals surface area contributed by atoms with Gasteiger partial charge < -0.3 is 9.64 Å². The summed E-state index contributed by atoms with van der Waals surface area (Å²) in [6.45, 7) is 3.08. The third kappa shape index (κ3) is 2.78. The molecular formula is C20H24ClNO2. The smallest absolute Gasteiger partial charge is 0.233 e. The summed E-state index contributed by atoms with van der Waals surface area (Å²) < 4.78 is 5.57. The van der Waals surface area contributed by atoms with Crippen LogP contribution in [0.5, 0.6) is 0 Å². The fourth-order valence-electron chi connectivity index (χ4n) is 4.62. The highest BCUT2D eigenvalue weighted by Gasteiger charge is 2.47. The molecule has 0 aromatic heterocycles. The lowest BCUT2D eigenvalue weighted by atomic mass is 9.73. The van der Waals surface area contributed by atoms with Gasteiger partial charge in [0, 0.05) is 31.3 Å². The average Bonchev–Trinajstić information content (AvgIpc) is 3.06. The number of allylic oxidation sites excluding steroid dienone is 2. The quantitative estimate of drug-likeness (QED) is 0.763. The predicted molar refractivity (Wildman–Crippen MR) is 95.1 cm³/mol. The minimum absolute atomic E-state index is 0.280. The number of carbonyl (C=O) groups is 1. The summed E-state index contributed by atoms with van der Waals surface area (Å²) in [5, 5.41) is 0.699. The number of nitrogens with zero attached hydrogens (tertiary/aromatic N) is 1. The maximum Gasteiger partial charge on any atom is 0.233 e. The van der Waals surface area contributed by atoms with E-state index in [-0.39, 0.29) is 5.91 Å². The molecule has 1 aromatic carbocycles. The fourth-order valence-corrected chi connectivity index (χ4v) is 4.81. The Morgan fingerprint density at radius 1 is 1.12 bits per heavy atom. The van der Waals surface area contributed by atoms with Crippen LogP contribution in [-0.4, -0.2) is 37.1 Å². The molecule has 0 spiro atoms. The average molecular weight is 346 g/mol. The zero-order valence-corrected chi connectivity index (χ0v) is 14.7. The minimum atomic E-state index is -0.468. The van der Waals surface area contributed by atoms with Crippen LogP contribution in [0, 0.1) is 11.8 Å². The van der Waals surface area contributed by atoms with Gasteiger partial charge in [0.05, 0.1) is 5.41 Å². The van der Waals surface area contributed by atoms with Gasteiger partial charge in [-0.3, -0.25) is 4.79 Å². The van der Waals surface area contributed by atoms with Crippen LogP contribution in [-0.2, 0) is 14.9 Å². The van der Waals surface area contributed by atoms with E-state index in [0.717, 1.165) is 44.3 Å². The lowest BCUT2D eigenvalue weighted by molar-refractivity contribution is -0.140. The van der Waals surface area contributed by atoms with Gasteiger partial charge in [0.2, 0.25) is 5.91 Å². The predicted octanol–water partition coefficient (Wildman–Crippen LogP) is 3.81. The zero-order valence-electron chi connectivity index (χ0n) is 13.9. The summed E-state index contributed by atoms with van der Waals surface area (Å²) in [5.41, 5.74) is 0.584. The van der Waals surface area contributed by atoms with Gasteiger partial charge in [-0.2, -0.15) is 0 Å². The molecule has 3 nitrogen and oxygen atoms in total. The molecule has 0 N–H and O–H groups in total. The molecule has 4 rings (SSSR count). The molecule has 1 aliphatic carbocycles. The molecule has 0 bridgehead atoms. The number of halogens is 1. The van der Waals surface area contributed by atoms with E-state index in [0.29, 0.717) is 30.1 Å². The molecule has 0 saturated carbocycles. The van der Waals surface area contributed by atoms with Crippen LogP contribution < -0.4 is 0 Å². The molecule has 0 unspecified atom stereocenters. The lowest BCUT2D eigenvalue weighted by Gasteiger charge is -2.39. The number of hydrogen-bond acceptors (Lipinski definition) is 2. The van der Waals surface area contributed by atoms with Crippen molar-refractivity contribution in [2.75, 3.05) is 26.3 Å². The summed E-state index contributed by atoms with van der Waals surface area (Å²) in [6.07, 6.45) is 8.27. The second-order valence-electron chi connectivity index (χ2n) is 7.38. The molecule has 3 aliphatic rings. The minimum Gasteiger partial charge on any atom is -0.381 e. The van der Waals surface area contributed by atoms with Gasteiger partial charge in [-0.25, -0.2) is 0 Å². The van der Waals surface area contributed by atoms with Crippen molar-refractivity contribution < 1.29 is 9.53 Å². The third-order valence-corrected chi connectivity index (χ3v) is 6.28. The number of rotatable bonds is 2. The van der Waals surface area contributed by atoms with Crippen LogP contribution >= 0.6 is 11.6 Å². The highest BCUT2D eigenvalue weighted by atomic mass is 35.5. The Labute approximate surface area is 148 Å². The molecule has 128 valence electrons. The summed E-state index contributed by atoms with van der Waals surface area (Å²) in [6, 6.07) is 7.85. The Balaban J connectivity index is 1.63. The summed E-state index contributed by atoms with van der Waals surface area (Å²) in [4.78, 5) is 15.7. The van der Waals surface area contributed by atoms with Crippen LogP contribution in [0.2, 0.25) is 5.02 Å². The molecule has 2 saturated heterocycles. The van der Waals surface area contributed by atoms with E-state index in [2.05, 4.69) is 23.1 Å². The highest BCUT2D eigenvalue weighted by Crippen LogP contribution is 2.41. The van der Waals surface area contributed by atoms with Crippen molar-refractivity contribution in [3.8, 4) is 0 Å². The zero-order chi connectivity index (χ0) is 16.6. The first-order valence-electron chi connectivity index (χ1n) is 8.97. The largest absolute Gasteiger partial charge is 0.381 e. The van der Waals surface area contributed by atoms with Crippen LogP contribution in [0.15, 0.2) is 36.4 Å². The third-order valence-electron chi connectivity index (χ3n) is 6.04. The number of fused-ring (bicyclic) bond motifs is 1. The van der Waals surface area contributed by atoms with E-state index in [4.69, 9.17) is 16.3 Å². The first kappa shape index (κ1) is 16.2. The van der Waals surface area contributed by atoms with Crippen LogP contribution in [0.4, 0.5) is 0 Å². The topological polar surface area (TPSA) is 29.5 Å². The lowest BCUT2D eigenvalue weighted by Crippen LogP contribution is -2.49. The molecule has 1 aromatic rings. The molecule has 2 atom stereocenters. The standard InChI is InChI=1S/C20H24ClNO2/c21-18-7-3-6-17(12-18)20(8-10-24-11-9-20)19(23)22-13-15-4-1-2-5-16(15)14-22/h1-3,6-7,12,15-16H,4-5,8-11,13-14H2/t15-,16-/m0/s1. The SMILES string of the molecule is O=C(N1C[C@@H]2CC=CC[C@H]2C1)C1(c2cccc(Cl)c2)CCOCC1. The first-order chi connectivity index (χ1) is 11.7. The van der Waals surface area contributed by atoms with Gasteiger partial charge in [-0.05, 0) is 55.2 Å². The molecule has 24 heavy (non-hydrogen) atoms. The van der Waals surface area contributed by atoms with Crippen molar-refractivity contribution in [1.82, 2.24) is 4.90 Å². The van der Waals surface area contributed by atoms with Crippen molar-refractivity contribution in [1.29, 1.82) is 0 Å². The van der Waals surface area contributed by atoms with E-state index in [1.807, 2.05) is 18.2 Å². The van der Waals surface area contributed by atoms with Crippen molar-refractivity contribution >= 4 is 17.5 Å². The molecule has 0 radical (unpaired) electrons. The van der Waals surface area contributed by atoms with E-state index >= 15 is 0 Å². The van der Waals surface area contributed by atoms with Gasteiger partial charge in [0.15, 0.2) is 0 Å². The molecule has 2 fully saturated rings. The molecule has 2 heterocycles. The van der Waals surface area contributed by atoms with E-state index in [9.17, 15) is 4.79 Å². The summed E-state index contributed by atoms with van der Waals surface area (Å²) >= 11 is 6.23. The Hall–Kier alpha value is -1.32. The Morgan fingerprint density at radius 3 is 2.42 bits per heavy atom. The van der Waals surface area contributed by atoms with Gasteiger partial charge in [0.1, 0.15) is 0 Å². The van der Waals surface area contributed by atoms with Crippen LogP contribution in [0.1, 0.15) is 31.2 Å². The number of likely N-dealkylation sites (tertiary alicyclic amines) is 1. The van der Waals surface area contributed by atoms with Crippen molar-refractivity contribution in [2.24, 2.45) is 11.8 Å². The second-order valence-corrected chi connectivity index (χ2v) is 7.81. The van der Waals surface area contributed by atoms with Gasteiger partial charge >= 0.3 is 0 Å². The Kier molecular flexibility index (Phi) is 4.40. The monoisotopic (exact) mass is 345 g/mol. The normalized spacial score (nSPS) is 28.6. The molecule has 4 heteroatoms. The maximum absolute atomic E-state index is 13.6. The Morgan fingerprint density at radius 2 is 1.79 bits per heavy atom. The molecule has 1 amide bonds. The molecular weight excluding hydrogens is 322 g/mol. The van der Waals surface area contributed by atoms with Gasteiger partial charge in [-0.1, -0.05) is 35.9 Å². The van der Waals surface area contributed by atoms with Crippen molar-refractivity contribution in [2.45, 2.75) is 31.1 Å². The highest BCUT2D eigenvalue weighted by molar-refractivity contribution is 6.30. The second kappa shape index (κ2) is 6.53. The first-order valence-corrected chi connectivity index (χ1v) is 9.35. The fraction of sp³-hybridized carbons (Fsp3) is 0.550. The number of ether oxygens (including phenoxy) is 1. The number of carbonyl (C=O) groups excluding carboxylic acids is 1. The van der Waals surface area contributed by atoms with Crippen molar-refractivity contribution in [3.63, 3.8) is 0 Å². The van der Waals surface area contributed by atoms with Crippen LogP contribution in [0.3, 0.4) is 0 Å². The van der Waals surface area contributed by atoms with E-state index in [1.54, 1.807) is 0 Å². The molecule has 2 aliphatic heterocycles.